The van der Waals surface area contributed by atoms with Crippen LogP contribution in [0, 0.1) is 18.8 Å². The van der Waals surface area contributed by atoms with Crippen molar-refractivity contribution in [2.45, 2.75) is 43.3 Å². The van der Waals surface area contributed by atoms with Crippen LogP contribution in [0.4, 0.5) is 0 Å². The molecule has 1 aromatic rings. The minimum atomic E-state index is 0.704. The summed E-state index contributed by atoms with van der Waals surface area (Å²) in [4.78, 5) is 1.44. The summed E-state index contributed by atoms with van der Waals surface area (Å²) < 4.78 is 0. The van der Waals surface area contributed by atoms with Gasteiger partial charge in [-0.25, -0.2) is 0 Å². The monoisotopic (exact) mass is 249 g/mol. The first kappa shape index (κ1) is 13.0. The van der Waals surface area contributed by atoms with Gasteiger partial charge >= 0.3 is 0 Å². The van der Waals surface area contributed by atoms with Crippen LogP contribution in [0.25, 0.3) is 0 Å². The van der Waals surface area contributed by atoms with E-state index in [9.17, 15) is 0 Å². The fraction of sp³-hybridized carbons (Fsp3) is 0.600. The Labute approximate surface area is 109 Å². The lowest BCUT2D eigenvalue weighted by atomic mass is 9.82. The van der Waals surface area contributed by atoms with Gasteiger partial charge in [-0.3, -0.25) is 0 Å². The minimum Gasteiger partial charge on any atom is -0.330 e. The van der Waals surface area contributed by atoms with Crippen molar-refractivity contribution >= 4 is 11.8 Å². The number of rotatable bonds is 3. The van der Waals surface area contributed by atoms with Gasteiger partial charge in [-0.1, -0.05) is 31.5 Å². The molecule has 0 saturated heterocycles. The third-order valence-corrected chi connectivity index (χ3v) is 5.46. The van der Waals surface area contributed by atoms with Crippen LogP contribution in [0.1, 0.15) is 31.7 Å². The van der Waals surface area contributed by atoms with Crippen molar-refractivity contribution in [2.75, 3.05) is 6.54 Å². The van der Waals surface area contributed by atoms with E-state index in [4.69, 9.17) is 5.73 Å². The average Bonchev–Trinajstić information content (AvgIpc) is 2.32. The minimum absolute atomic E-state index is 0.704. The number of hydrogen-bond donors (Lipinski definition) is 1. The zero-order chi connectivity index (χ0) is 12.3. The van der Waals surface area contributed by atoms with Gasteiger partial charge in [0.15, 0.2) is 0 Å². The van der Waals surface area contributed by atoms with Crippen molar-refractivity contribution in [1.29, 1.82) is 0 Å². The number of benzene rings is 1. The molecule has 3 atom stereocenters. The number of nitrogens with two attached hydrogens (primary N) is 1. The molecule has 1 saturated carbocycles. The lowest BCUT2D eigenvalue weighted by molar-refractivity contribution is 0.306. The van der Waals surface area contributed by atoms with E-state index in [-0.39, 0.29) is 0 Å². The molecular formula is C15H23NS. The largest absolute Gasteiger partial charge is 0.330 e. The smallest absolute Gasteiger partial charge is 0.0137 e. The Bertz CT molecular complexity index is 364. The van der Waals surface area contributed by atoms with Crippen molar-refractivity contribution in [3.63, 3.8) is 0 Å². The molecule has 2 heteroatoms. The van der Waals surface area contributed by atoms with E-state index in [0.717, 1.165) is 12.5 Å². The Morgan fingerprint density at radius 1 is 1.29 bits per heavy atom. The zero-order valence-electron chi connectivity index (χ0n) is 10.9. The fourth-order valence-corrected chi connectivity index (χ4v) is 4.26. The maximum absolute atomic E-state index is 5.92. The Morgan fingerprint density at radius 3 is 2.76 bits per heavy atom. The molecule has 0 heterocycles. The van der Waals surface area contributed by atoms with Crippen molar-refractivity contribution < 1.29 is 0 Å². The van der Waals surface area contributed by atoms with Crippen LogP contribution >= 0.6 is 11.8 Å². The average molecular weight is 249 g/mol. The molecule has 1 aliphatic carbocycles. The van der Waals surface area contributed by atoms with Crippen LogP contribution in [0.15, 0.2) is 29.2 Å². The highest BCUT2D eigenvalue weighted by Gasteiger charge is 2.28. The SMILES string of the molecule is Cc1ccccc1SC1CC(C)CCC1CN. The lowest BCUT2D eigenvalue weighted by Gasteiger charge is -2.34. The standard InChI is InChI=1S/C15H23NS/c1-11-7-8-13(10-16)15(9-11)17-14-6-4-3-5-12(14)2/h3-6,11,13,15H,7-10,16H2,1-2H3. The van der Waals surface area contributed by atoms with E-state index in [2.05, 4.69) is 38.1 Å². The van der Waals surface area contributed by atoms with Crippen molar-refractivity contribution in [3.05, 3.63) is 29.8 Å². The summed E-state index contributed by atoms with van der Waals surface area (Å²) in [7, 11) is 0. The molecule has 2 N–H and O–H groups in total. The second kappa shape index (κ2) is 5.92. The van der Waals surface area contributed by atoms with E-state index >= 15 is 0 Å². The molecule has 0 aliphatic heterocycles. The van der Waals surface area contributed by atoms with Gasteiger partial charge < -0.3 is 5.73 Å². The number of aryl methyl sites for hydroxylation is 1. The molecule has 1 aromatic carbocycles. The first-order valence-corrected chi connectivity index (χ1v) is 7.51. The normalized spacial score (nSPS) is 29.2. The lowest BCUT2D eigenvalue weighted by Crippen LogP contribution is -2.31. The molecule has 0 bridgehead atoms. The summed E-state index contributed by atoms with van der Waals surface area (Å²) in [5.74, 6) is 1.56. The van der Waals surface area contributed by atoms with E-state index in [1.807, 2.05) is 11.8 Å². The van der Waals surface area contributed by atoms with E-state index in [1.165, 1.54) is 29.7 Å². The van der Waals surface area contributed by atoms with Gasteiger partial charge in [0.2, 0.25) is 0 Å². The molecule has 2 rings (SSSR count). The van der Waals surface area contributed by atoms with Crippen LogP contribution in [0.3, 0.4) is 0 Å². The highest BCUT2D eigenvalue weighted by molar-refractivity contribution is 8.00. The van der Waals surface area contributed by atoms with E-state index < -0.39 is 0 Å². The molecular weight excluding hydrogens is 226 g/mol. The quantitative estimate of drug-likeness (QED) is 0.880. The maximum Gasteiger partial charge on any atom is 0.0137 e. The van der Waals surface area contributed by atoms with Gasteiger partial charge in [-0.15, -0.1) is 11.8 Å². The third-order valence-electron chi connectivity index (χ3n) is 3.87. The molecule has 3 unspecified atom stereocenters. The predicted octanol–water partition coefficient (Wildman–Crippen LogP) is 3.85. The first-order valence-electron chi connectivity index (χ1n) is 6.63. The highest BCUT2D eigenvalue weighted by Crippen LogP contribution is 2.40. The molecule has 94 valence electrons. The highest BCUT2D eigenvalue weighted by atomic mass is 32.2. The summed E-state index contributed by atoms with van der Waals surface area (Å²) in [5, 5.41) is 0.713. The maximum atomic E-state index is 5.92. The summed E-state index contributed by atoms with van der Waals surface area (Å²) in [5.41, 5.74) is 7.31. The van der Waals surface area contributed by atoms with Gasteiger partial charge in [-0.05, 0) is 49.8 Å². The van der Waals surface area contributed by atoms with Crippen LogP contribution in [-0.4, -0.2) is 11.8 Å². The van der Waals surface area contributed by atoms with Crippen molar-refractivity contribution in [2.24, 2.45) is 17.6 Å². The topological polar surface area (TPSA) is 26.0 Å². The van der Waals surface area contributed by atoms with Crippen LogP contribution < -0.4 is 5.73 Å². The van der Waals surface area contributed by atoms with Crippen LogP contribution in [-0.2, 0) is 0 Å². The summed E-state index contributed by atoms with van der Waals surface area (Å²) >= 11 is 2.05. The van der Waals surface area contributed by atoms with Crippen molar-refractivity contribution in [1.82, 2.24) is 0 Å². The fourth-order valence-electron chi connectivity index (χ4n) is 2.66. The molecule has 0 radical (unpaired) electrons. The number of thioether (sulfide) groups is 1. The van der Waals surface area contributed by atoms with Crippen LogP contribution in [0.5, 0.6) is 0 Å². The zero-order valence-corrected chi connectivity index (χ0v) is 11.7. The molecule has 17 heavy (non-hydrogen) atoms. The van der Waals surface area contributed by atoms with Gasteiger partial charge in [0.1, 0.15) is 0 Å². The summed E-state index contributed by atoms with van der Waals surface area (Å²) in [6.45, 7) is 5.42. The second-order valence-electron chi connectivity index (χ2n) is 5.34. The summed E-state index contributed by atoms with van der Waals surface area (Å²) in [6.07, 6.45) is 3.98. The van der Waals surface area contributed by atoms with E-state index in [1.54, 1.807) is 0 Å². The Morgan fingerprint density at radius 2 is 2.06 bits per heavy atom. The van der Waals surface area contributed by atoms with Gasteiger partial charge in [0.05, 0.1) is 0 Å². The number of hydrogen-bond acceptors (Lipinski definition) is 2. The molecule has 0 aromatic heterocycles. The summed E-state index contributed by atoms with van der Waals surface area (Å²) in [6, 6.07) is 8.70. The predicted molar refractivity (Wildman–Crippen MR) is 76.4 cm³/mol. The van der Waals surface area contributed by atoms with Gasteiger partial charge in [0.25, 0.3) is 0 Å². The van der Waals surface area contributed by atoms with Crippen molar-refractivity contribution in [3.8, 4) is 0 Å². The molecule has 0 spiro atoms. The Hall–Kier alpha value is -0.470. The van der Waals surface area contributed by atoms with E-state index in [0.29, 0.717) is 11.2 Å². The first-order chi connectivity index (χ1) is 8.20. The van der Waals surface area contributed by atoms with Gasteiger partial charge in [0, 0.05) is 10.1 Å². The third kappa shape index (κ3) is 3.26. The molecule has 1 aliphatic rings. The molecule has 1 fully saturated rings. The Balaban J connectivity index is 2.07. The molecule has 1 nitrogen and oxygen atoms in total. The van der Waals surface area contributed by atoms with Crippen LogP contribution in [0.2, 0.25) is 0 Å². The molecule has 0 amide bonds. The Kier molecular flexibility index (Phi) is 4.52. The van der Waals surface area contributed by atoms with Gasteiger partial charge in [-0.2, -0.15) is 0 Å². The second-order valence-corrected chi connectivity index (χ2v) is 6.62.